The third-order valence-corrected chi connectivity index (χ3v) is 3.45. The lowest BCUT2D eigenvalue weighted by Crippen LogP contribution is -2.32. The van der Waals surface area contributed by atoms with Crippen molar-refractivity contribution in [1.82, 2.24) is 0 Å². The van der Waals surface area contributed by atoms with Crippen LogP contribution in [0.2, 0.25) is 0 Å². The molecule has 1 rings (SSSR count). The maximum absolute atomic E-state index is 11.7. The highest BCUT2D eigenvalue weighted by Gasteiger charge is 2.25. The van der Waals surface area contributed by atoms with Crippen LogP contribution in [0.15, 0.2) is 30.3 Å². The Kier molecular flexibility index (Phi) is 5.75. The van der Waals surface area contributed by atoms with Crippen LogP contribution in [0.25, 0.3) is 0 Å². The molecule has 0 saturated heterocycles. The molecule has 0 aliphatic rings. The van der Waals surface area contributed by atoms with E-state index in [1.807, 2.05) is 39.0 Å². The summed E-state index contributed by atoms with van der Waals surface area (Å²) in [7, 11) is 0. The van der Waals surface area contributed by atoms with Crippen LogP contribution < -0.4 is 5.73 Å². The minimum atomic E-state index is -0.409. The molecule has 0 heterocycles. The Morgan fingerprint density at radius 2 is 1.75 bits per heavy atom. The summed E-state index contributed by atoms with van der Waals surface area (Å²) in [5.41, 5.74) is 6.68. The van der Waals surface area contributed by atoms with Crippen LogP contribution in [0.1, 0.15) is 52.5 Å². The van der Waals surface area contributed by atoms with Crippen LogP contribution in [0.3, 0.4) is 0 Å². The van der Waals surface area contributed by atoms with Crippen molar-refractivity contribution in [3.8, 4) is 0 Å². The number of ether oxygens (including phenoxy) is 1. The normalized spacial score (nSPS) is 14.7. The van der Waals surface area contributed by atoms with E-state index in [9.17, 15) is 4.79 Å². The van der Waals surface area contributed by atoms with Crippen LogP contribution in [0, 0.1) is 0 Å². The molecule has 1 unspecified atom stereocenters. The second-order valence-electron chi connectivity index (χ2n) is 6.57. The second-order valence-corrected chi connectivity index (χ2v) is 6.57. The lowest BCUT2D eigenvalue weighted by Gasteiger charge is -2.29. The van der Waals surface area contributed by atoms with Crippen molar-refractivity contribution in [3.63, 3.8) is 0 Å². The fraction of sp³-hybridized carbons (Fsp3) is 0.588. The van der Waals surface area contributed by atoms with Crippen molar-refractivity contribution in [1.29, 1.82) is 0 Å². The zero-order chi connectivity index (χ0) is 15.2. The first-order valence-electron chi connectivity index (χ1n) is 7.24. The SMILES string of the molecule is CC(C)(C)OC(=O)CCCC(C)(CN)c1ccccc1. The molecular weight excluding hydrogens is 250 g/mol. The van der Waals surface area contributed by atoms with Crippen LogP contribution >= 0.6 is 0 Å². The van der Waals surface area contributed by atoms with Crippen LogP contribution in [-0.4, -0.2) is 18.1 Å². The summed E-state index contributed by atoms with van der Waals surface area (Å²) < 4.78 is 5.32. The highest BCUT2D eigenvalue weighted by Crippen LogP contribution is 2.28. The van der Waals surface area contributed by atoms with Crippen LogP contribution in [0.5, 0.6) is 0 Å². The fourth-order valence-electron chi connectivity index (χ4n) is 2.22. The van der Waals surface area contributed by atoms with E-state index in [0.717, 1.165) is 12.8 Å². The average Bonchev–Trinajstić information content (AvgIpc) is 2.37. The monoisotopic (exact) mass is 277 g/mol. The predicted octanol–water partition coefficient (Wildman–Crippen LogP) is 3.42. The maximum atomic E-state index is 11.7. The van der Waals surface area contributed by atoms with E-state index in [0.29, 0.717) is 13.0 Å². The first kappa shape index (κ1) is 16.7. The van der Waals surface area contributed by atoms with Gasteiger partial charge < -0.3 is 10.5 Å². The number of carbonyl (C=O) groups is 1. The zero-order valence-electron chi connectivity index (χ0n) is 13.1. The number of hydrogen-bond donors (Lipinski definition) is 1. The van der Waals surface area contributed by atoms with Crippen LogP contribution in [-0.2, 0) is 14.9 Å². The molecule has 3 nitrogen and oxygen atoms in total. The Balaban J connectivity index is 2.52. The van der Waals surface area contributed by atoms with Gasteiger partial charge in [-0.1, -0.05) is 37.3 Å². The number of carbonyl (C=O) groups excluding carboxylic acids is 1. The van der Waals surface area contributed by atoms with Crippen molar-refractivity contribution >= 4 is 5.97 Å². The van der Waals surface area contributed by atoms with Gasteiger partial charge in [0.25, 0.3) is 0 Å². The molecule has 0 amide bonds. The molecule has 20 heavy (non-hydrogen) atoms. The van der Waals surface area contributed by atoms with Gasteiger partial charge in [-0.15, -0.1) is 0 Å². The number of hydrogen-bond acceptors (Lipinski definition) is 3. The summed E-state index contributed by atoms with van der Waals surface area (Å²) in [4.78, 5) is 11.7. The molecule has 0 bridgehead atoms. The van der Waals surface area contributed by atoms with Gasteiger partial charge in [0.05, 0.1) is 0 Å². The molecule has 0 radical (unpaired) electrons. The number of benzene rings is 1. The van der Waals surface area contributed by atoms with Gasteiger partial charge in [0.15, 0.2) is 0 Å². The lowest BCUT2D eigenvalue weighted by atomic mass is 9.78. The Morgan fingerprint density at radius 1 is 1.15 bits per heavy atom. The van der Waals surface area contributed by atoms with Gasteiger partial charge >= 0.3 is 5.97 Å². The molecule has 0 aromatic heterocycles. The van der Waals surface area contributed by atoms with Crippen molar-refractivity contribution in [2.45, 2.75) is 58.0 Å². The quantitative estimate of drug-likeness (QED) is 0.811. The van der Waals surface area contributed by atoms with E-state index in [4.69, 9.17) is 10.5 Å². The summed E-state index contributed by atoms with van der Waals surface area (Å²) in [6.45, 7) is 8.39. The van der Waals surface area contributed by atoms with Gasteiger partial charge in [0.1, 0.15) is 5.60 Å². The minimum absolute atomic E-state index is 0.0801. The molecule has 0 aliphatic heterocycles. The molecule has 1 atom stereocenters. The highest BCUT2D eigenvalue weighted by atomic mass is 16.6. The number of esters is 1. The molecule has 1 aromatic rings. The van der Waals surface area contributed by atoms with E-state index in [1.54, 1.807) is 0 Å². The fourth-order valence-corrected chi connectivity index (χ4v) is 2.22. The number of nitrogens with two attached hydrogens (primary N) is 1. The molecular formula is C17H27NO2. The zero-order valence-corrected chi connectivity index (χ0v) is 13.1. The van der Waals surface area contributed by atoms with Crippen molar-refractivity contribution in [3.05, 3.63) is 35.9 Å². The lowest BCUT2D eigenvalue weighted by molar-refractivity contribution is -0.154. The van der Waals surface area contributed by atoms with E-state index in [2.05, 4.69) is 19.1 Å². The molecule has 112 valence electrons. The molecule has 2 N–H and O–H groups in total. The van der Waals surface area contributed by atoms with Gasteiger partial charge in [0.2, 0.25) is 0 Å². The van der Waals surface area contributed by atoms with Gasteiger partial charge in [-0.25, -0.2) is 0 Å². The first-order valence-corrected chi connectivity index (χ1v) is 7.24. The summed E-state index contributed by atoms with van der Waals surface area (Å²) in [6, 6.07) is 10.2. The largest absolute Gasteiger partial charge is 0.460 e. The molecule has 0 saturated carbocycles. The van der Waals surface area contributed by atoms with E-state index in [1.165, 1.54) is 5.56 Å². The highest BCUT2D eigenvalue weighted by molar-refractivity contribution is 5.69. The third kappa shape index (κ3) is 5.33. The molecule has 0 spiro atoms. The van der Waals surface area contributed by atoms with E-state index in [-0.39, 0.29) is 11.4 Å². The second kappa shape index (κ2) is 6.89. The predicted molar refractivity (Wildman–Crippen MR) is 82.5 cm³/mol. The van der Waals surface area contributed by atoms with Gasteiger partial charge in [-0.2, -0.15) is 0 Å². The first-order chi connectivity index (χ1) is 9.27. The molecule has 0 fully saturated rings. The topological polar surface area (TPSA) is 52.3 Å². The average molecular weight is 277 g/mol. The van der Waals surface area contributed by atoms with Gasteiger partial charge in [0, 0.05) is 18.4 Å². The van der Waals surface area contributed by atoms with E-state index < -0.39 is 5.60 Å². The standard InChI is InChI=1S/C17H27NO2/c1-16(2,3)20-15(19)11-8-12-17(4,13-18)14-9-6-5-7-10-14/h5-7,9-10H,8,11-13,18H2,1-4H3. The van der Waals surface area contributed by atoms with Crippen molar-refractivity contribution in [2.75, 3.05) is 6.54 Å². The Labute approximate surface area is 122 Å². The van der Waals surface area contributed by atoms with Crippen molar-refractivity contribution < 1.29 is 9.53 Å². The number of rotatable bonds is 6. The molecule has 3 heteroatoms. The van der Waals surface area contributed by atoms with Crippen molar-refractivity contribution in [2.24, 2.45) is 5.73 Å². The van der Waals surface area contributed by atoms with Gasteiger partial charge in [-0.3, -0.25) is 4.79 Å². The molecule has 1 aromatic carbocycles. The maximum Gasteiger partial charge on any atom is 0.306 e. The Hall–Kier alpha value is -1.35. The summed E-state index contributed by atoms with van der Waals surface area (Å²) in [5, 5.41) is 0. The minimum Gasteiger partial charge on any atom is -0.460 e. The Bertz CT molecular complexity index is 422. The van der Waals surface area contributed by atoms with Crippen LogP contribution in [0.4, 0.5) is 0 Å². The third-order valence-electron chi connectivity index (χ3n) is 3.45. The Morgan fingerprint density at radius 3 is 2.25 bits per heavy atom. The smallest absolute Gasteiger partial charge is 0.306 e. The van der Waals surface area contributed by atoms with E-state index >= 15 is 0 Å². The summed E-state index contributed by atoms with van der Waals surface area (Å²) >= 11 is 0. The van der Waals surface area contributed by atoms with Gasteiger partial charge in [-0.05, 0) is 39.2 Å². The molecule has 0 aliphatic carbocycles. The summed E-state index contributed by atoms with van der Waals surface area (Å²) in [6.07, 6.45) is 2.12. The summed E-state index contributed by atoms with van der Waals surface area (Å²) in [5.74, 6) is -0.134.